The van der Waals surface area contributed by atoms with Gasteiger partial charge in [-0.3, -0.25) is 4.79 Å². The lowest BCUT2D eigenvalue weighted by Crippen LogP contribution is -2.44. The first kappa shape index (κ1) is 17.2. The summed E-state index contributed by atoms with van der Waals surface area (Å²) in [6.07, 6.45) is 0. The van der Waals surface area contributed by atoms with Crippen molar-refractivity contribution < 1.29 is 23.1 Å². The van der Waals surface area contributed by atoms with Crippen molar-refractivity contribution in [3.8, 4) is 0 Å². The minimum Gasteiger partial charge on any atom is -0.480 e. The highest BCUT2D eigenvalue weighted by Crippen LogP contribution is 2.17. The van der Waals surface area contributed by atoms with Gasteiger partial charge in [-0.25, -0.2) is 13.2 Å². The molecule has 6 nitrogen and oxygen atoms in total. The molecule has 1 aromatic carbocycles. The molecule has 116 valence electrons. The van der Waals surface area contributed by atoms with Gasteiger partial charge in [0, 0.05) is 0 Å². The number of carbonyl (C=O) groups excluding carboxylic acids is 1. The highest BCUT2D eigenvalue weighted by atomic mass is 32.2. The highest BCUT2D eigenvalue weighted by molar-refractivity contribution is 7.91. The molecule has 0 aliphatic heterocycles. The number of benzene rings is 1. The molecule has 0 saturated carbocycles. The van der Waals surface area contributed by atoms with Gasteiger partial charge in [-0.15, -0.1) is 0 Å². The Bertz CT molecular complexity index is 637. The monoisotopic (exact) mass is 313 g/mol. The zero-order valence-electron chi connectivity index (χ0n) is 12.2. The molecule has 0 aliphatic carbocycles. The van der Waals surface area contributed by atoms with Crippen LogP contribution >= 0.6 is 0 Å². The Morgan fingerprint density at radius 2 is 1.81 bits per heavy atom. The van der Waals surface area contributed by atoms with Crippen LogP contribution in [-0.4, -0.2) is 37.2 Å². The van der Waals surface area contributed by atoms with Gasteiger partial charge in [0.1, 0.15) is 6.04 Å². The van der Waals surface area contributed by atoms with Gasteiger partial charge in [0.25, 0.3) is 5.91 Å². The maximum Gasteiger partial charge on any atom is 0.326 e. The molecule has 2 N–H and O–H groups in total. The normalized spacial score (nSPS) is 13.0. The number of hydrogen-bond acceptors (Lipinski definition) is 4. The van der Waals surface area contributed by atoms with Crippen LogP contribution in [0.2, 0.25) is 0 Å². The number of amides is 1. The highest BCUT2D eigenvalue weighted by Gasteiger charge is 2.27. The summed E-state index contributed by atoms with van der Waals surface area (Å²) in [5.41, 5.74) is -0.0359. The Morgan fingerprint density at radius 3 is 2.29 bits per heavy atom. The van der Waals surface area contributed by atoms with E-state index in [0.29, 0.717) is 0 Å². The van der Waals surface area contributed by atoms with E-state index in [2.05, 4.69) is 5.32 Å². The Balaban J connectivity index is 3.18. The minimum absolute atomic E-state index is 0.0359. The Hall–Kier alpha value is -1.89. The topological polar surface area (TPSA) is 101 Å². The van der Waals surface area contributed by atoms with E-state index in [4.69, 9.17) is 5.11 Å². The molecule has 0 aromatic heterocycles. The number of nitrogens with one attached hydrogen (secondary N) is 1. The molecule has 21 heavy (non-hydrogen) atoms. The fourth-order valence-corrected chi connectivity index (χ4v) is 2.91. The molecule has 7 heteroatoms. The molecule has 1 aromatic rings. The van der Waals surface area contributed by atoms with E-state index in [1.54, 1.807) is 13.8 Å². The Kier molecular flexibility index (Phi) is 5.48. The summed E-state index contributed by atoms with van der Waals surface area (Å²) in [6, 6.07) is 4.70. The van der Waals surface area contributed by atoms with Crippen molar-refractivity contribution in [3.05, 3.63) is 29.8 Å². The third kappa shape index (κ3) is 4.04. The van der Waals surface area contributed by atoms with E-state index >= 15 is 0 Å². The first-order chi connectivity index (χ1) is 9.70. The largest absolute Gasteiger partial charge is 0.480 e. The molecular formula is C14H19NO5S. The van der Waals surface area contributed by atoms with Crippen LogP contribution in [0.25, 0.3) is 0 Å². The lowest BCUT2D eigenvalue weighted by atomic mass is 10.0. The van der Waals surface area contributed by atoms with Crippen LogP contribution in [0.3, 0.4) is 0 Å². The molecule has 0 spiro atoms. The molecule has 0 unspecified atom stereocenters. The van der Waals surface area contributed by atoms with E-state index < -0.39 is 27.8 Å². The smallest absolute Gasteiger partial charge is 0.326 e. The summed E-state index contributed by atoms with van der Waals surface area (Å²) in [6.45, 7) is 4.81. The van der Waals surface area contributed by atoms with Gasteiger partial charge in [-0.1, -0.05) is 32.9 Å². The van der Waals surface area contributed by atoms with Crippen molar-refractivity contribution in [1.29, 1.82) is 0 Å². The van der Waals surface area contributed by atoms with Crippen molar-refractivity contribution >= 4 is 21.7 Å². The van der Waals surface area contributed by atoms with Crippen molar-refractivity contribution in [3.63, 3.8) is 0 Å². The molecule has 0 saturated heterocycles. The molecule has 0 bridgehead atoms. The third-order valence-corrected chi connectivity index (χ3v) is 4.85. The van der Waals surface area contributed by atoms with Gasteiger partial charge in [-0.2, -0.15) is 0 Å². The van der Waals surface area contributed by atoms with Gasteiger partial charge in [0.15, 0.2) is 9.84 Å². The summed E-state index contributed by atoms with van der Waals surface area (Å²) in [7, 11) is -3.56. The SMILES string of the molecule is CCS(=O)(=O)c1ccccc1C(=O)N[C@@H](C(=O)O)C(C)C. The molecule has 1 atom stereocenters. The number of aliphatic carboxylic acids is 1. The maximum absolute atomic E-state index is 12.2. The Labute approximate surface area is 124 Å². The summed E-state index contributed by atoms with van der Waals surface area (Å²) in [4.78, 5) is 23.2. The number of hydrogen-bond donors (Lipinski definition) is 2. The molecule has 0 heterocycles. The van der Waals surface area contributed by atoms with Crippen molar-refractivity contribution in [2.24, 2.45) is 5.92 Å². The van der Waals surface area contributed by atoms with Gasteiger partial charge in [0.05, 0.1) is 16.2 Å². The number of carbonyl (C=O) groups is 2. The molecule has 0 radical (unpaired) electrons. The van der Waals surface area contributed by atoms with E-state index in [-0.39, 0.29) is 22.1 Å². The van der Waals surface area contributed by atoms with E-state index in [1.807, 2.05) is 0 Å². The van der Waals surface area contributed by atoms with Gasteiger partial charge < -0.3 is 10.4 Å². The maximum atomic E-state index is 12.2. The predicted octanol–water partition coefficient (Wildman–Crippen LogP) is 1.32. The average molecular weight is 313 g/mol. The Morgan fingerprint density at radius 1 is 1.24 bits per heavy atom. The van der Waals surface area contributed by atoms with Crippen molar-refractivity contribution in [1.82, 2.24) is 5.32 Å². The van der Waals surface area contributed by atoms with E-state index in [9.17, 15) is 18.0 Å². The summed E-state index contributed by atoms with van der Waals surface area (Å²) in [5, 5.41) is 11.4. The fraction of sp³-hybridized carbons (Fsp3) is 0.429. The molecule has 0 aliphatic rings. The van der Waals surface area contributed by atoms with Crippen LogP contribution in [0, 0.1) is 5.92 Å². The molecule has 1 rings (SSSR count). The van der Waals surface area contributed by atoms with Crippen LogP contribution in [0.4, 0.5) is 0 Å². The summed E-state index contributed by atoms with van der Waals surface area (Å²) in [5.74, 6) is -2.32. The average Bonchev–Trinajstić information content (AvgIpc) is 2.43. The van der Waals surface area contributed by atoms with E-state index in [0.717, 1.165) is 0 Å². The second kappa shape index (κ2) is 6.71. The van der Waals surface area contributed by atoms with Gasteiger partial charge in [-0.05, 0) is 18.1 Å². The number of carboxylic acids is 1. The predicted molar refractivity (Wildman–Crippen MR) is 77.9 cm³/mol. The van der Waals surface area contributed by atoms with Gasteiger partial charge in [0.2, 0.25) is 0 Å². The van der Waals surface area contributed by atoms with Crippen molar-refractivity contribution in [2.75, 3.05) is 5.75 Å². The zero-order chi connectivity index (χ0) is 16.2. The standard InChI is InChI=1S/C14H19NO5S/c1-4-21(19,20)11-8-6-5-7-10(11)13(16)15-12(9(2)3)14(17)18/h5-9,12H,4H2,1-3H3,(H,15,16)(H,17,18)/t12-/m1/s1. The van der Waals surface area contributed by atoms with Crippen molar-refractivity contribution in [2.45, 2.75) is 31.7 Å². The number of carboxylic acid groups (broad SMARTS) is 1. The van der Waals surface area contributed by atoms with Crippen LogP contribution in [0.15, 0.2) is 29.2 Å². The first-order valence-electron chi connectivity index (χ1n) is 6.56. The number of rotatable bonds is 6. The second-order valence-electron chi connectivity index (χ2n) is 4.93. The quantitative estimate of drug-likeness (QED) is 0.825. The first-order valence-corrected chi connectivity index (χ1v) is 8.21. The van der Waals surface area contributed by atoms with Gasteiger partial charge >= 0.3 is 5.97 Å². The molecular weight excluding hydrogens is 294 g/mol. The number of sulfone groups is 1. The lowest BCUT2D eigenvalue weighted by Gasteiger charge is -2.18. The summed E-state index contributed by atoms with van der Waals surface area (Å²) < 4.78 is 24.0. The van der Waals surface area contributed by atoms with Crippen LogP contribution in [0.5, 0.6) is 0 Å². The molecule has 0 fully saturated rings. The lowest BCUT2D eigenvalue weighted by molar-refractivity contribution is -0.140. The second-order valence-corrected chi connectivity index (χ2v) is 7.18. The van der Waals surface area contributed by atoms with Crippen LogP contribution in [-0.2, 0) is 14.6 Å². The van der Waals surface area contributed by atoms with Crippen LogP contribution in [0.1, 0.15) is 31.1 Å². The third-order valence-electron chi connectivity index (χ3n) is 3.07. The summed E-state index contributed by atoms with van der Waals surface area (Å²) >= 11 is 0. The molecule has 1 amide bonds. The fourth-order valence-electron chi connectivity index (χ4n) is 1.81. The van der Waals surface area contributed by atoms with E-state index in [1.165, 1.54) is 31.2 Å². The minimum atomic E-state index is -3.56. The zero-order valence-corrected chi connectivity index (χ0v) is 13.0. The van der Waals surface area contributed by atoms with Crippen LogP contribution < -0.4 is 5.32 Å².